The van der Waals surface area contributed by atoms with E-state index in [1.165, 1.54) is 0 Å². The van der Waals surface area contributed by atoms with Gasteiger partial charge in [0.05, 0.1) is 70.9 Å². The minimum atomic E-state index is -1.09. The molecule has 0 unspecified atom stereocenters. The highest BCUT2D eigenvalue weighted by Crippen LogP contribution is 2.19. The predicted molar refractivity (Wildman–Crippen MR) is 85.1 cm³/mol. The maximum Gasteiger partial charge on any atom is 0.305 e. The molecule has 0 bridgehead atoms. The van der Waals surface area contributed by atoms with Crippen molar-refractivity contribution in [2.24, 2.45) is 15.8 Å². The minimum absolute atomic E-state index is 0.0990. The first-order valence-electron chi connectivity index (χ1n) is 7.67. The summed E-state index contributed by atoms with van der Waals surface area (Å²) in [5.41, 5.74) is -1.09. The molecule has 0 aliphatic heterocycles. The number of aliphatic hydroxyl groups excluding tert-OH is 1. The van der Waals surface area contributed by atoms with E-state index in [0.29, 0.717) is 0 Å². The monoisotopic (exact) mass is 378 g/mol. The average Bonchev–Trinajstić information content (AvgIpc) is 2.64. The van der Waals surface area contributed by atoms with Gasteiger partial charge in [0.2, 0.25) is 0 Å². The minimum Gasteiger partial charge on any atom is -0.481 e. The number of nitroso groups, excluding NO2 is 2. The van der Waals surface area contributed by atoms with Crippen LogP contribution in [0.3, 0.4) is 0 Å². The molecule has 0 saturated carbocycles. The van der Waals surface area contributed by atoms with Crippen molar-refractivity contribution in [2.75, 3.05) is 46.2 Å². The molecular weight excluding hydrogens is 356 g/mol. The molecule has 0 heterocycles. The van der Waals surface area contributed by atoms with Gasteiger partial charge >= 0.3 is 5.97 Å². The van der Waals surface area contributed by atoms with E-state index in [2.05, 4.69) is 10.4 Å². The summed E-state index contributed by atoms with van der Waals surface area (Å²) < 4.78 is 15.7. The molecule has 0 radical (unpaired) electrons. The SMILES string of the molecule is O=NC(=O)CCOCC(CO)(COCCC(=O)O)COCCC(=O)N=O. The van der Waals surface area contributed by atoms with Gasteiger partial charge < -0.3 is 24.4 Å². The lowest BCUT2D eigenvalue weighted by Gasteiger charge is -2.31. The molecule has 0 spiro atoms. The topological polar surface area (TPSA) is 178 Å². The third-order valence-electron chi connectivity index (χ3n) is 3.14. The van der Waals surface area contributed by atoms with Crippen LogP contribution in [0, 0.1) is 15.2 Å². The first-order valence-corrected chi connectivity index (χ1v) is 7.67. The lowest BCUT2D eigenvalue weighted by atomic mass is 9.92. The number of hydrogen-bond donors (Lipinski definition) is 2. The van der Waals surface area contributed by atoms with Crippen LogP contribution in [0.4, 0.5) is 0 Å². The van der Waals surface area contributed by atoms with Gasteiger partial charge in [-0.25, -0.2) is 0 Å². The zero-order valence-electron chi connectivity index (χ0n) is 14.1. The second-order valence-corrected chi connectivity index (χ2v) is 5.43. The predicted octanol–water partition coefficient (Wildman–Crippen LogP) is -0.144. The molecule has 12 nitrogen and oxygen atoms in total. The molecule has 12 heteroatoms. The van der Waals surface area contributed by atoms with Gasteiger partial charge in [-0.2, -0.15) is 0 Å². The highest BCUT2D eigenvalue weighted by molar-refractivity contribution is 5.76. The zero-order chi connectivity index (χ0) is 19.8. The van der Waals surface area contributed by atoms with Crippen LogP contribution >= 0.6 is 0 Å². The molecule has 26 heavy (non-hydrogen) atoms. The Hall–Kier alpha value is -2.15. The lowest BCUT2D eigenvalue weighted by molar-refractivity contribution is -0.139. The Kier molecular flexibility index (Phi) is 12.9. The Labute approximate surface area is 148 Å². The normalized spacial score (nSPS) is 11.1. The van der Waals surface area contributed by atoms with E-state index in [4.69, 9.17) is 19.3 Å². The van der Waals surface area contributed by atoms with Crippen LogP contribution < -0.4 is 0 Å². The number of hydrogen-bond acceptors (Lipinski definition) is 9. The van der Waals surface area contributed by atoms with E-state index in [9.17, 15) is 29.3 Å². The molecular formula is C14H22N2O10. The van der Waals surface area contributed by atoms with Crippen LogP contribution in [0.15, 0.2) is 10.4 Å². The molecule has 148 valence electrons. The fourth-order valence-electron chi connectivity index (χ4n) is 1.70. The molecule has 0 aliphatic carbocycles. The van der Waals surface area contributed by atoms with Crippen molar-refractivity contribution >= 4 is 17.8 Å². The van der Waals surface area contributed by atoms with Crippen molar-refractivity contribution in [3.05, 3.63) is 9.81 Å². The highest BCUT2D eigenvalue weighted by atomic mass is 16.5. The summed E-state index contributed by atoms with van der Waals surface area (Å²) in [6.07, 6.45) is -0.696. The van der Waals surface area contributed by atoms with Crippen molar-refractivity contribution in [3.8, 4) is 0 Å². The number of carbonyl (C=O) groups is 3. The van der Waals surface area contributed by atoms with Gasteiger partial charge in [-0.05, 0) is 0 Å². The number of aliphatic carboxylic acids is 1. The quantitative estimate of drug-likeness (QED) is 0.271. The van der Waals surface area contributed by atoms with Crippen molar-refractivity contribution in [1.82, 2.24) is 0 Å². The Balaban J connectivity index is 4.55. The summed E-state index contributed by atoms with van der Waals surface area (Å²) >= 11 is 0. The molecule has 2 N–H and O–H groups in total. The maximum absolute atomic E-state index is 10.8. The molecule has 2 amide bonds. The van der Waals surface area contributed by atoms with E-state index >= 15 is 0 Å². The smallest absolute Gasteiger partial charge is 0.305 e. The zero-order valence-corrected chi connectivity index (χ0v) is 14.1. The summed E-state index contributed by atoms with van der Waals surface area (Å²) in [5.74, 6) is -2.81. The summed E-state index contributed by atoms with van der Waals surface area (Å²) in [7, 11) is 0. The van der Waals surface area contributed by atoms with Gasteiger partial charge in [0.25, 0.3) is 11.8 Å². The van der Waals surface area contributed by atoms with Gasteiger partial charge in [0.15, 0.2) is 0 Å². The second-order valence-electron chi connectivity index (χ2n) is 5.43. The third-order valence-corrected chi connectivity index (χ3v) is 3.14. The fourth-order valence-corrected chi connectivity index (χ4v) is 1.70. The molecule has 0 atom stereocenters. The Morgan fingerprint density at radius 3 is 1.46 bits per heavy atom. The first kappa shape index (κ1) is 23.9. The standard InChI is InChI=1S/C14H22N2O10/c17-7-14(10-26-6-3-13(20)21,8-24-4-1-11(18)15-22)9-25-5-2-12(19)16-23/h17H,1-10H2,(H,20,21). The molecule has 0 aromatic rings. The number of nitrogens with zero attached hydrogens (tertiary/aromatic N) is 2. The van der Waals surface area contributed by atoms with Crippen molar-refractivity contribution in [1.29, 1.82) is 0 Å². The van der Waals surface area contributed by atoms with Gasteiger partial charge in [-0.1, -0.05) is 0 Å². The largest absolute Gasteiger partial charge is 0.481 e. The number of ether oxygens (including phenoxy) is 3. The number of carbonyl (C=O) groups excluding carboxylic acids is 2. The number of carboxylic acid groups (broad SMARTS) is 1. The molecule has 0 aromatic heterocycles. The number of rotatable bonds is 16. The van der Waals surface area contributed by atoms with Crippen LogP contribution in [0.5, 0.6) is 0 Å². The summed E-state index contributed by atoms with van der Waals surface area (Å²) in [4.78, 5) is 52.1. The van der Waals surface area contributed by atoms with E-state index < -0.39 is 29.8 Å². The van der Waals surface area contributed by atoms with E-state index in [1.807, 2.05) is 0 Å². The maximum atomic E-state index is 10.8. The molecule has 0 aliphatic rings. The van der Waals surface area contributed by atoms with Crippen LogP contribution in [-0.4, -0.2) is 74.2 Å². The van der Waals surface area contributed by atoms with Crippen molar-refractivity contribution in [3.63, 3.8) is 0 Å². The second kappa shape index (κ2) is 14.1. The fraction of sp³-hybridized carbons (Fsp3) is 0.786. The van der Waals surface area contributed by atoms with Crippen LogP contribution in [0.1, 0.15) is 19.3 Å². The third kappa shape index (κ3) is 11.4. The summed E-state index contributed by atoms with van der Waals surface area (Å²) in [6, 6.07) is 0. The first-order chi connectivity index (χ1) is 12.4. The highest BCUT2D eigenvalue weighted by Gasteiger charge is 2.31. The van der Waals surface area contributed by atoms with Crippen LogP contribution in [-0.2, 0) is 28.6 Å². The number of amides is 2. The Morgan fingerprint density at radius 1 is 0.769 bits per heavy atom. The van der Waals surface area contributed by atoms with Gasteiger partial charge in [0.1, 0.15) is 0 Å². The van der Waals surface area contributed by atoms with Crippen LogP contribution in [0.2, 0.25) is 0 Å². The molecule has 0 fully saturated rings. The van der Waals surface area contributed by atoms with Crippen molar-refractivity contribution < 1.29 is 38.8 Å². The van der Waals surface area contributed by atoms with Crippen LogP contribution in [0.25, 0.3) is 0 Å². The average molecular weight is 378 g/mol. The lowest BCUT2D eigenvalue weighted by Crippen LogP contribution is -2.41. The Bertz CT molecular complexity index is 454. The molecule has 0 saturated heterocycles. The van der Waals surface area contributed by atoms with E-state index in [1.54, 1.807) is 0 Å². The summed E-state index contributed by atoms with van der Waals surface area (Å²) in [6.45, 7) is -1.15. The van der Waals surface area contributed by atoms with E-state index in [-0.39, 0.29) is 58.9 Å². The van der Waals surface area contributed by atoms with Gasteiger partial charge in [0, 0.05) is 10.4 Å². The molecule has 0 aromatic carbocycles. The number of aliphatic hydroxyl groups is 1. The summed E-state index contributed by atoms with van der Waals surface area (Å²) in [5, 5.41) is 22.7. The van der Waals surface area contributed by atoms with Gasteiger partial charge in [-0.15, -0.1) is 9.81 Å². The molecule has 0 rings (SSSR count). The van der Waals surface area contributed by atoms with Crippen molar-refractivity contribution in [2.45, 2.75) is 19.3 Å². The number of carboxylic acids is 1. The van der Waals surface area contributed by atoms with Gasteiger partial charge in [-0.3, -0.25) is 14.4 Å². The van der Waals surface area contributed by atoms with E-state index in [0.717, 1.165) is 0 Å². The Morgan fingerprint density at radius 2 is 1.15 bits per heavy atom.